The molecule has 66 valence electrons. The lowest BCUT2D eigenvalue weighted by molar-refractivity contribution is 0.739. The Morgan fingerprint density at radius 1 is 1.67 bits per heavy atom. The molecule has 0 aromatic carbocycles. The van der Waals surface area contributed by atoms with Gasteiger partial charge in [-0.05, 0) is 18.6 Å². The first-order valence-electron chi connectivity index (χ1n) is 4.14. The summed E-state index contributed by atoms with van der Waals surface area (Å²) in [6.07, 6.45) is 4.17. The molecule has 12 heavy (non-hydrogen) atoms. The summed E-state index contributed by atoms with van der Waals surface area (Å²) in [7, 11) is 2.03. The Bertz CT molecular complexity index is 261. The van der Waals surface area contributed by atoms with Gasteiger partial charge in [-0.1, -0.05) is 12.2 Å². The lowest BCUT2D eigenvalue weighted by Gasteiger charge is -2.01. The molecule has 0 amide bonds. The van der Waals surface area contributed by atoms with Crippen molar-refractivity contribution in [1.29, 1.82) is 0 Å². The van der Waals surface area contributed by atoms with Crippen LogP contribution in [0.1, 0.15) is 12.5 Å². The van der Waals surface area contributed by atoms with E-state index in [0.29, 0.717) is 0 Å². The molecule has 0 aliphatic rings. The summed E-state index contributed by atoms with van der Waals surface area (Å²) >= 11 is 0. The first-order valence-corrected chi connectivity index (χ1v) is 4.14. The number of nitrogens with zero attached hydrogens (tertiary/aromatic N) is 1. The van der Waals surface area contributed by atoms with Crippen LogP contribution in [0, 0.1) is 0 Å². The maximum Gasteiger partial charge on any atom is 0.0223 e. The molecule has 2 nitrogen and oxygen atoms in total. The number of aryl methyl sites for hydroxylation is 1. The molecular weight excluding hydrogens is 148 g/mol. The summed E-state index contributed by atoms with van der Waals surface area (Å²) in [5.41, 5.74) is 2.49. The smallest absolute Gasteiger partial charge is 0.0223 e. The van der Waals surface area contributed by atoms with Crippen LogP contribution in [0.5, 0.6) is 0 Å². The van der Waals surface area contributed by atoms with E-state index in [0.717, 1.165) is 13.1 Å². The maximum absolute atomic E-state index is 3.82. The molecule has 2 heteroatoms. The Morgan fingerprint density at radius 3 is 2.92 bits per heavy atom. The van der Waals surface area contributed by atoms with Gasteiger partial charge >= 0.3 is 0 Å². The summed E-state index contributed by atoms with van der Waals surface area (Å²) < 4.78 is 2.05. The minimum absolute atomic E-state index is 0.898. The molecule has 0 aliphatic heterocycles. The fourth-order valence-electron chi connectivity index (χ4n) is 1.09. The summed E-state index contributed by atoms with van der Waals surface area (Å²) in [5, 5.41) is 3.30. The zero-order chi connectivity index (χ0) is 8.97. The molecule has 0 bridgehead atoms. The quantitative estimate of drug-likeness (QED) is 0.670. The number of nitrogens with one attached hydrogen (secondary N) is 1. The first kappa shape index (κ1) is 9.07. The van der Waals surface area contributed by atoms with Crippen molar-refractivity contribution in [2.24, 2.45) is 7.05 Å². The normalized spacial score (nSPS) is 10.2. The van der Waals surface area contributed by atoms with Gasteiger partial charge in [-0.2, -0.15) is 0 Å². The van der Waals surface area contributed by atoms with Crippen LogP contribution in [0.15, 0.2) is 30.6 Å². The lowest BCUT2D eigenvalue weighted by atomic mass is 10.3. The number of hydrogen-bond acceptors (Lipinski definition) is 1. The Morgan fingerprint density at radius 2 is 2.42 bits per heavy atom. The average Bonchev–Trinajstić information content (AvgIpc) is 2.35. The number of rotatable bonds is 4. The van der Waals surface area contributed by atoms with Crippen molar-refractivity contribution in [3.8, 4) is 0 Å². The minimum Gasteiger partial charge on any atom is -0.357 e. The van der Waals surface area contributed by atoms with Crippen LogP contribution >= 0.6 is 0 Å². The Labute approximate surface area is 73.9 Å². The molecule has 0 saturated carbocycles. The van der Waals surface area contributed by atoms with Gasteiger partial charge in [0.15, 0.2) is 0 Å². The summed E-state index contributed by atoms with van der Waals surface area (Å²) in [6, 6.07) is 2.12. The van der Waals surface area contributed by atoms with Gasteiger partial charge in [0.1, 0.15) is 0 Å². The molecule has 1 N–H and O–H groups in total. The van der Waals surface area contributed by atoms with Crippen molar-refractivity contribution in [3.63, 3.8) is 0 Å². The summed E-state index contributed by atoms with van der Waals surface area (Å²) in [4.78, 5) is 0. The van der Waals surface area contributed by atoms with E-state index in [9.17, 15) is 0 Å². The van der Waals surface area contributed by atoms with E-state index in [2.05, 4.69) is 34.9 Å². The maximum atomic E-state index is 3.82. The highest BCUT2D eigenvalue weighted by molar-refractivity contribution is 5.09. The Balaban J connectivity index is 2.29. The van der Waals surface area contributed by atoms with E-state index in [1.807, 2.05) is 14.0 Å². The Hall–Kier alpha value is -1.02. The van der Waals surface area contributed by atoms with Crippen molar-refractivity contribution in [2.45, 2.75) is 13.5 Å². The van der Waals surface area contributed by atoms with Gasteiger partial charge in [-0.25, -0.2) is 0 Å². The van der Waals surface area contributed by atoms with Gasteiger partial charge in [-0.3, -0.25) is 0 Å². The molecule has 0 radical (unpaired) electrons. The van der Waals surface area contributed by atoms with E-state index < -0.39 is 0 Å². The third-order valence-electron chi connectivity index (χ3n) is 1.65. The molecule has 1 rings (SSSR count). The standard InChI is InChI=1S/C10H16N2/c1-9(2)6-11-7-10-4-5-12(3)8-10/h4-5,8,11H,1,6-7H2,2-3H3. The van der Waals surface area contributed by atoms with Crippen LogP contribution in [-0.2, 0) is 13.6 Å². The third-order valence-corrected chi connectivity index (χ3v) is 1.65. The number of hydrogen-bond donors (Lipinski definition) is 1. The van der Waals surface area contributed by atoms with Crippen LogP contribution in [0.4, 0.5) is 0 Å². The summed E-state index contributed by atoms with van der Waals surface area (Å²) in [5.74, 6) is 0. The molecule has 0 saturated heterocycles. The van der Waals surface area contributed by atoms with Crippen LogP contribution in [0.3, 0.4) is 0 Å². The largest absolute Gasteiger partial charge is 0.357 e. The van der Waals surface area contributed by atoms with Gasteiger partial charge in [0.05, 0.1) is 0 Å². The monoisotopic (exact) mass is 164 g/mol. The molecule has 1 aromatic rings. The predicted octanol–water partition coefficient (Wildman–Crippen LogP) is 1.69. The molecule has 0 atom stereocenters. The minimum atomic E-state index is 0.898. The van der Waals surface area contributed by atoms with Crippen LogP contribution in [-0.4, -0.2) is 11.1 Å². The van der Waals surface area contributed by atoms with Gasteiger partial charge in [-0.15, -0.1) is 0 Å². The van der Waals surface area contributed by atoms with Crippen LogP contribution in [0.2, 0.25) is 0 Å². The predicted molar refractivity (Wildman–Crippen MR) is 51.9 cm³/mol. The van der Waals surface area contributed by atoms with Crippen molar-refractivity contribution >= 4 is 0 Å². The van der Waals surface area contributed by atoms with Gasteiger partial charge in [0.25, 0.3) is 0 Å². The topological polar surface area (TPSA) is 17.0 Å². The van der Waals surface area contributed by atoms with Crippen molar-refractivity contribution in [2.75, 3.05) is 6.54 Å². The van der Waals surface area contributed by atoms with Gasteiger partial charge < -0.3 is 9.88 Å². The van der Waals surface area contributed by atoms with E-state index in [1.54, 1.807) is 0 Å². The third kappa shape index (κ3) is 2.93. The zero-order valence-corrected chi connectivity index (χ0v) is 7.80. The highest BCUT2D eigenvalue weighted by Gasteiger charge is 1.92. The molecule has 1 aromatic heterocycles. The van der Waals surface area contributed by atoms with Gasteiger partial charge in [0.2, 0.25) is 0 Å². The second-order valence-electron chi connectivity index (χ2n) is 3.25. The highest BCUT2D eigenvalue weighted by atomic mass is 14.9. The fourth-order valence-corrected chi connectivity index (χ4v) is 1.09. The van der Waals surface area contributed by atoms with Crippen molar-refractivity contribution in [1.82, 2.24) is 9.88 Å². The van der Waals surface area contributed by atoms with E-state index in [1.165, 1.54) is 11.1 Å². The molecule has 1 heterocycles. The second kappa shape index (κ2) is 4.12. The zero-order valence-electron chi connectivity index (χ0n) is 7.80. The van der Waals surface area contributed by atoms with E-state index in [4.69, 9.17) is 0 Å². The van der Waals surface area contributed by atoms with E-state index >= 15 is 0 Å². The summed E-state index contributed by atoms with van der Waals surface area (Å²) in [6.45, 7) is 7.67. The molecule has 0 unspecified atom stereocenters. The SMILES string of the molecule is C=C(C)CNCc1ccn(C)c1. The molecule has 0 spiro atoms. The highest BCUT2D eigenvalue weighted by Crippen LogP contribution is 1.98. The molecule has 0 aliphatic carbocycles. The van der Waals surface area contributed by atoms with Crippen molar-refractivity contribution < 1.29 is 0 Å². The van der Waals surface area contributed by atoms with Gasteiger partial charge in [0, 0.05) is 32.5 Å². The second-order valence-corrected chi connectivity index (χ2v) is 3.25. The van der Waals surface area contributed by atoms with Crippen molar-refractivity contribution in [3.05, 3.63) is 36.2 Å². The first-order chi connectivity index (χ1) is 5.68. The average molecular weight is 164 g/mol. The van der Waals surface area contributed by atoms with Crippen LogP contribution in [0.25, 0.3) is 0 Å². The number of aromatic nitrogens is 1. The lowest BCUT2D eigenvalue weighted by Crippen LogP contribution is -2.14. The van der Waals surface area contributed by atoms with E-state index in [-0.39, 0.29) is 0 Å². The Kier molecular flexibility index (Phi) is 3.11. The van der Waals surface area contributed by atoms with Crippen LogP contribution < -0.4 is 5.32 Å². The fraction of sp³-hybridized carbons (Fsp3) is 0.400. The molecular formula is C10H16N2. The molecule has 0 fully saturated rings.